The Morgan fingerprint density at radius 1 is 0.302 bits per heavy atom. The van der Waals surface area contributed by atoms with Gasteiger partial charge >= 0.3 is 11.9 Å². The standard InChI is InChI=1S/C50H92O3/c1-3-5-7-9-11-13-15-17-19-20-21-22-23-24-25-26-27-28-29-30-31-32-34-36-38-40-42-44-46-48-50(52)53-49(51)47-45-43-41-39-37-35-33-18-16-14-12-10-8-6-4-2/h12,14,17-19,33H,3-11,13,15-16,20-32,34-48H2,1-2H3. The average molecular weight is 741 g/mol. The predicted octanol–water partition coefficient (Wildman–Crippen LogP) is 17.4. The molecule has 0 amide bonds. The maximum Gasteiger partial charge on any atom is 0.313 e. The number of unbranched alkanes of at least 4 members (excludes halogenated alkanes) is 33. The Morgan fingerprint density at radius 3 is 0.849 bits per heavy atom. The van der Waals surface area contributed by atoms with Crippen LogP contribution in [0.25, 0.3) is 0 Å². The number of carbonyl (C=O) groups is 2. The van der Waals surface area contributed by atoms with E-state index in [-0.39, 0.29) is 11.9 Å². The number of hydrogen-bond donors (Lipinski definition) is 0. The van der Waals surface area contributed by atoms with Crippen molar-refractivity contribution in [1.82, 2.24) is 0 Å². The van der Waals surface area contributed by atoms with Gasteiger partial charge in [-0.15, -0.1) is 0 Å². The zero-order chi connectivity index (χ0) is 38.4. The minimum Gasteiger partial charge on any atom is -0.393 e. The molecule has 0 radical (unpaired) electrons. The van der Waals surface area contributed by atoms with Crippen LogP contribution in [-0.4, -0.2) is 11.9 Å². The van der Waals surface area contributed by atoms with E-state index < -0.39 is 0 Å². The van der Waals surface area contributed by atoms with Crippen LogP contribution in [0.4, 0.5) is 0 Å². The summed E-state index contributed by atoms with van der Waals surface area (Å²) in [5.74, 6) is -0.671. The first-order chi connectivity index (χ1) is 26.2. The number of rotatable bonds is 43. The Hall–Kier alpha value is -1.64. The number of carbonyl (C=O) groups excluding carboxylic acids is 2. The number of hydrogen-bond acceptors (Lipinski definition) is 3. The van der Waals surface area contributed by atoms with Crippen LogP contribution in [-0.2, 0) is 14.3 Å². The zero-order valence-corrected chi connectivity index (χ0v) is 36.0. The van der Waals surface area contributed by atoms with Gasteiger partial charge in [-0.05, 0) is 70.6 Å². The molecule has 0 rings (SSSR count). The lowest BCUT2D eigenvalue weighted by Gasteiger charge is -2.05. The van der Waals surface area contributed by atoms with Crippen molar-refractivity contribution in [3.63, 3.8) is 0 Å². The maximum atomic E-state index is 12.0. The first-order valence-electron chi connectivity index (χ1n) is 23.9. The predicted molar refractivity (Wildman–Crippen MR) is 235 cm³/mol. The van der Waals surface area contributed by atoms with Gasteiger partial charge in [-0.3, -0.25) is 9.59 Å². The van der Waals surface area contributed by atoms with Gasteiger partial charge in [0.1, 0.15) is 0 Å². The van der Waals surface area contributed by atoms with Gasteiger partial charge in [0.05, 0.1) is 0 Å². The highest BCUT2D eigenvalue weighted by molar-refractivity contribution is 5.85. The lowest BCUT2D eigenvalue weighted by molar-refractivity contribution is -0.159. The first-order valence-corrected chi connectivity index (χ1v) is 23.9. The Balaban J connectivity index is 3.28. The molecule has 0 saturated carbocycles. The van der Waals surface area contributed by atoms with E-state index in [2.05, 4.69) is 50.3 Å². The molecule has 0 spiro atoms. The molecular weight excluding hydrogens is 649 g/mol. The van der Waals surface area contributed by atoms with E-state index in [9.17, 15) is 9.59 Å². The summed E-state index contributed by atoms with van der Waals surface area (Å²) in [7, 11) is 0. The molecule has 0 heterocycles. The summed E-state index contributed by atoms with van der Waals surface area (Å²) >= 11 is 0. The van der Waals surface area contributed by atoms with Gasteiger partial charge in [-0.2, -0.15) is 0 Å². The lowest BCUT2D eigenvalue weighted by atomic mass is 10.0. The number of esters is 2. The van der Waals surface area contributed by atoms with Crippen molar-refractivity contribution < 1.29 is 14.3 Å². The third kappa shape index (κ3) is 46.4. The Labute approximate surface area is 332 Å². The normalized spacial score (nSPS) is 11.9. The molecule has 0 aromatic rings. The Morgan fingerprint density at radius 2 is 0.528 bits per heavy atom. The van der Waals surface area contributed by atoms with Crippen LogP contribution in [0.15, 0.2) is 36.5 Å². The van der Waals surface area contributed by atoms with Crippen molar-refractivity contribution in [2.45, 2.75) is 271 Å². The fourth-order valence-corrected chi connectivity index (χ4v) is 7.12. The van der Waals surface area contributed by atoms with E-state index in [4.69, 9.17) is 4.74 Å². The second kappa shape index (κ2) is 46.5. The van der Waals surface area contributed by atoms with Crippen molar-refractivity contribution in [3.8, 4) is 0 Å². The van der Waals surface area contributed by atoms with Crippen LogP contribution in [0.2, 0.25) is 0 Å². The van der Waals surface area contributed by atoms with E-state index in [0.29, 0.717) is 12.8 Å². The second-order valence-corrected chi connectivity index (χ2v) is 16.1. The van der Waals surface area contributed by atoms with Gasteiger partial charge in [0, 0.05) is 12.8 Å². The van der Waals surface area contributed by atoms with Gasteiger partial charge in [-0.1, -0.05) is 224 Å². The lowest BCUT2D eigenvalue weighted by Crippen LogP contribution is -2.11. The maximum absolute atomic E-state index is 12.0. The molecule has 0 aromatic carbocycles. The summed E-state index contributed by atoms with van der Waals surface area (Å²) < 4.78 is 5.04. The first kappa shape index (κ1) is 51.4. The van der Waals surface area contributed by atoms with Crippen LogP contribution >= 0.6 is 0 Å². The Kier molecular flexibility index (Phi) is 45.1. The molecule has 0 bridgehead atoms. The largest absolute Gasteiger partial charge is 0.393 e. The summed E-state index contributed by atoms with van der Waals surface area (Å²) in [6.45, 7) is 4.53. The van der Waals surface area contributed by atoms with E-state index in [1.165, 1.54) is 199 Å². The molecule has 0 aromatic heterocycles. The van der Waals surface area contributed by atoms with E-state index in [1.54, 1.807) is 0 Å². The van der Waals surface area contributed by atoms with Crippen LogP contribution in [0.5, 0.6) is 0 Å². The number of allylic oxidation sites excluding steroid dienone is 6. The second-order valence-electron chi connectivity index (χ2n) is 16.1. The monoisotopic (exact) mass is 741 g/mol. The fourth-order valence-electron chi connectivity index (χ4n) is 7.12. The van der Waals surface area contributed by atoms with Gasteiger partial charge in [0.25, 0.3) is 0 Å². The van der Waals surface area contributed by atoms with Crippen molar-refractivity contribution in [2.24, 2.45) is 0 Å². The molecule has 0 unspecified atom stereocenters. The van der Waals surface area contributed by atoms with Gasteiger partial charge in [0.15, 0.2) is 0 Å². The summed E-state index contributed by atoms with van der Waals surface area (Å²) in [6.07, 6.45) is 63.9. The van der Waals surface area contributed by atoms with Crippen molar-refractivity contribution >= 4 is 11.9 Å². The third-order valence-electron chi connectivity index (χ3n) is 10.7. The van der Waals surface area contributed by atoms with E-state index in [1.807, 2.05) is 0 Å². The molecular formula is C50H92O3. The fraction of sp³-hybridized carbons (Fsp3) is 0.840. The molecule has 0 aliphatic rings. The van der Waals surface area contributed by atoms with Gasteiger partial charge < -0.3 is 4.74 Å². The van der Waals surface area contributed by atoms with Crippen LogP contribution in [0, 0.1) is 0 Å². The highest BCUT2D eigenvalue weighted by Gasteiger charge is 2.10. The molecule has 3 heteroatoms. The van der Waals surface area contributed by atoms with Gasteiger partial charge in [-0.25, -0.2) is 0 Å². The highest BCUT2D eigenvalue weighted by atomic mass is 16.6. The molecule has 0 atom stereocenters. The highest BCUT2D eigenvalue weighted by Crippen LogP contribution is 2.16. The van der Waals surface area contributed by atoms with Crippen molar-refractivity contribution in [1.29, 1.82) is 0 Å². The SMILES string of the molecule is CCCCCC=CCC=CCCCCCCCC(=O)OC(=O)CCCCCCCCCCCCCCCCCCCCCC=CCCCCCCCC. The van der Waals surface area contributed by atoms with Gasteiger partial charge in [0.2, 0.25) is 0 Å². The summed E-state index contributed by atoms with van der Waals surface area (Å²) in [5, 5.41) is 0. The van der Waals surface area contributed by atoms with E-state index in [0.717, 1.165) is 44.9 Å². The summed E-state index contributed by atoms with van der Waals surface area (Å²) in [5.41, 5.74) is 0. The minimum atomic E-state index is -0.338. The van der Waals surface area contributed by atoms with Crippen molar-refractivity contribution in [2.75, 3.05) is 0 Å². The number of ether oxygens (including phenoxy) is 1. The van der Waals surface area contributed by atoms with Crippen molar-refractivity contribution in [3.05, 3.63) is 36.5 Å². The molecule has 0 fully saturated rings. The summed E-state index contributed by atoms with van der Waals surface area (Å²) in [4.78, 5) is 24.0. The molecule has 3 nitrogen and oxygen atoms in total. The molecule has 310 valence electrons. The molecule has 0 aliphatic carbocycles. The van der Waals surface area contributed by atoms with E-state index >= 15 is 0 Å². The molecule has 0 saturated heterocycles. The Bertz CT molecular complexity index is 825. The summed E-state index contributed by atoms with van der Waals surface area (Å²) in [6, 6.07) is 0. The topological polar surface area (TPSA) is 43.4 Å². The quantitative estimate of drug-likeness (QED) is 0.0271. The minimum absolute atomic E-state index is 0.333. The smallest absolute Gasteiger partial charge is 0.313 e. The molecule has 53 heavy (non-hydrogen) atoms. The molecule has 0 N–H and O–H groups in total. The van der Waals surface area contributed by atoms with Crippen LogP contribution in [0.1, 0.15) is 271 Å². The van der Waals surface area contributed by atoms with Crippen LogP contribution < -0.4 is 0 Å². The third-order valence-corrected chi connectivity index (χ3v) is 10.7. The van der Waals surface area contributed by atoms with Crippen LogP contribution in [0.3, 0.4) is 0 Å². The molecule has 0 aliphatic heterocycles. The average Bonchev–Trinajstić information content (AvgIpc) is 3.15. The zero-order valence-electron chi connectivity index (χ0n) is 36.0.